The molecule has 26 heavy (non-hydrogen) atoms. The Kier molecular flexibility index (Phi) is 5.22. The quantitative estimate of drug-likeness (QED) is 0.721. The number of carbonyl (C=O) groups excluding carboxylic acids is 1. The maximum atomic E-state index is 12.3. The van der Waals surface area contributed by atoms with Gasteiger partial charge in [0.2, 0.25) is 5.91 Å². The zero-order valence-corrected chi connectivity index (χ0v) is 15.8. The number of hydrogen-bond donors (Lipinski definition) is 1. The first kappa shape index (κ1) is 17.9. The minimum atomic E-state index is -0.252. The predicted molar refractivity (Wildman–Crippen MR) is 104 cm³/mol. The lowest BCUT2D eigenvalue weighted by molar-refractivity contribution is -0.116. The van der Waals surface area contributed by atoms with Crippen molar-refractivity contribution < 1.29 is 4.79 Å². The van der Waals surface area contributed by atoms with Crippen molar-refractivity contribution in [3.05, 3.63) is 62.8 Å². The Bertz CT molecular complexity index is 953. The Labute approximate surface area is 155 Å². The lowest BCUT2D eigenvalue weighted by Crippen LogP contribution is -2.26. The highest BCUT2D eigenvalue weighted by molar-refractivity contribution is 7.07. The maximum Gasteiger partial charge on any atom is 0.307 e. The van der Waals surface area contributed by atoms with E-state index < -0.39 is 0 Å². The van der Waals surface area contributed by atoms with Gasteiger partial charge in [0.05, 0.1) is 12.7 Å². The van der Waals surface area contributed by atoms with Crippen LogP contribution in [0.1, 0.15) is 11.3 Å². The van der Waals surface area contributed by atoms with E-state index in [2.05, 4.69) is 10.4 Å². The Morgan fingerprint density at radius 1 is 1.23 bits per heavy atom. The molecule has 0 bridgehead atoms. The third-order valence-corrected chi connectivity index (χ3v) is 4.93. The Hall–Kier alpha value is -2.87. The number of nitrogens with one attached hydrogen (secondary N) is 1. The van der Waals surface area contributed by atoms with Crippen molar-refractivity contribution in [3.63, 3.8) is 0 Å². The molecule has 3 rings (SSSR count). The van der Waals surface area contributed by atoms with Gasteiger partial charge in [0, 0.05) is 36.9 Å². The lowest BCUT2D eigenvalue weighted by atomic mass is 10.2. The molecule has 0 saturated carbocycles. The molecule has 1 aromatic carbocycles. The highest BCUT2D eigenvalue weighted by atomic mass is 32.1. The van der Waals surface area contributed by atoms with Gasteiger partial charge >= 0.3 is 4.87 Å². The number of hydrogen-bond acceptors (Lipinski definition) is 5. The largest absolute Gasteiger partial charge is 0.378 e. The number of amides is 1. The number of aryl methyl sites for hydroxylation is 1. The third kappa shape index (κ3) is 4.02. The van der Waals surface area contributed by atoms with E-state index in [1.165, 1.54) is 4.57 Å². The van der Waals surface area contributed by atoms with Gasteiger partial charge in [0.15, 0.2) is 0 Å². The minimum absolute atomic E-state index is 0.00310. The first-order valence-electron chi connectivity index (χ1n) is 8.17. The van der Waals surface area contributed by atoms with Crippen LogP contribution in [0.4, 0.5) is 11.5 Å². The molecule has 136 valence electrons. The first-order valence-corrected chi connectivity index (χ1v) is 9.05. The van der Waals surface area contributed by atoms with Crippen LogP contribution < -0.4 is 15.1 Å². The van der Waals surface area contributed by atoms with E-state index in [1.54, 1.807) is 22.3 Å². The molecule has 0 aliphatic heterocycles. The summed E-state index contributed by atoms with van der Waals surface area (Å²) in [6.45, 7) is 2.36. The monoisotopic (exact) mass is 371 g/mol. The Morgan fingerprint density at radius 3 is 2.58 bits per heavy atom. The molecule has 0 fully saturated rings. The summed E-state index contributed by atoms with van der Waals surface area (Å²) in [7, 11) is 3.99. The van der Waals surface area contributed by atoms with E-state index in [-0.39, 0.29) is 17.3 Å². The summed E-state index contributed by atoms with van der Waals surface area (Å²) in [5, 5.41) is 8.86. The van der Waals surface area contributed by atoms with Crippen LogP contribution in [0.5, 0.6) is 0 Å². The first-order chi connectivity index (χ1) is 12.4. The standard InChI is InChI=1S/C18H21N5O2S/c1-13-12-26-18(25)22(13)11-17(24)20-16-8-9-19-23(16)10-14-4-6-15(7-5-14)21(2)3/h4-9,12H,10-11H2,1-3H3,(H,20,24). The van der Waals surface area contributed by atoms with Gasteiger partial charge in [-0.3, -0.25) is 14.2 Å². The molecule has 8 heteroatoms. The van der Waals surface area contributed by atoms with Crippen molar-refractivity contribution in [3.8, 4) is 0 Å². The fourth-order valence-electron chi connectivity index (χ4n) is 2.56. The van der Waals surface area contributed by atoms with Crippen LogP contribution >= 0.6 is 11.3 Å². The fourth-order valence-corrected chi connectivity index (χ4v) is 3.29. The second-order valence-electron chi connectivity index (χ2n) is 6.21. The molecule has 0 radical (unpaired) electrons. The lowest BCUT2D eigenvalue weighted by Gasteiger charge is -2.13. The molecule has 0 spiro atoms. The molecule has 3 aromatic rings. The van der Waals surface area contributed by atoms with Crippen LogP contribution in [-0.4, -0.2) is 34.4 Å². The normalized spacial score (nSPS) is 10.7. The number of rotatable bonds is 6. The van der Waals surface area contributed by atoms with Crippen LogP contribution in [0.2, 0.25) is 0 Å². The topological polar surface area (TPSA) is 72.2 Å². The molecule has 0 aliphatic carbocycles. The molecule has 2 heterocycles. The minimum Gasteiger partial charge on any atom is -0.378 e. The molecule has 1 N–H and O–H groups in total. The highest BCUT2D eigenvalue weighted by Crippen LogP contribution is 2.15. The van der Waals surface area contributed by atoms with E-state index >= 15 is 0 Å². The summed E-state index contributed by atoms with van der Waals surface area (Å²) >= 11 is 1.10. The number of aromatic nitrogens is 3. The van der Waals surface area contributed by atoms with Gasteiger partial charge in [-0.1, -0.05) is 23.5 Å². The van der Waals surface area contributed by atoms with Crippen molar-refractivity contribution in [2.24, 2.45) is 0 Å². The molecule has 0 saturated heterocycles. The Morgan fingerprint density at radius 2 is 1.96 bits per heavy atom. The summed E-state index contributed by atoms with van der Waals surface area (Å²) < 4.78 is 3.19. The van der Waals surface area contributed by atoms with Gasteiger partial charge in [-0.25, -0.2) is 4.68 Å². The van der Waals surface area contributed by atoms with E-state index in [0.717, 1.165) is 28.3 Å². The molecule has 1 amide bonds. The predicted octanol–water partition coefficient (Wildman–Crippen LogP) is 2.17. The van der Waals surface area contributed by atoms with E-state index in [9.17, 15) is 9.59 Å². The Balaban J connectivity index is 1.68. The van der Waals surface area contributed by atoms with Crippen molar-refractivity contribution in [1.82, 2.24) is 14.3 Å². The van der Waals surface area contributed by atoms with Gasteiger partial charge in [-0.15, -0.1) is 0 Å². The SMILES string of the molecule is Cc1csc(=O)n1CC(=O)Nc1ccnn1Cc1ccc(N(C)C)cc1. The van der Waals surface area contributed by atoms with Gasteiger partial charge in [0.1, 0.15) is 12.4 Å². The summed E-state index contributed by atoms with van der Waals surface area (Å²) in [6, 6.07) is 9.91. The van der Waals surface area contributed by atoms with Crippen LogP contribution in [0, 0.1) is 6.92 Å². The number of benzene rings is 1. The zero-order valence-electron chi connectivity index (χ0n) is 15.0. The van der Waals surface area contributed by atoms with Gasteiger partial charge < -0.3 is 10.2 Å². The number of carbonyl (C=O) groups is 1. The number of anilines is 2. The average Bonchev–Trinajstić information content (AvgIpc) is 3.16. The van der Waals surface area contributed by atoms with Crippen molar-refractivity contribution in [2.45, 2.75) is 20.0 Å². The number of thiazole rings is 1. The molecular formula is C18H21N5O2S. The van der Waals surface area contributed by atoms with Crippen LogP contribution in [0.3, 0.4) is 0 Å². The number of nitrogens with zero attached hydrogens (tertiary/aromatic N) is 4. The third-order valence-electron chi connectivity index (χ3n) is 4.05. The second-order valence-corrected chi connectivity index (χ2v) is 7.03. The summed E-state index contributed by atoms with van der Waals surface area (Å²) in [4.78, 5) is 25.9. The molecular weight excluding hydrogens is 350 g/mol. The fraction of sp³-hybridized carbons (Fsp3) is 0.278. The van der Waals surface area contributed by atoms with E-state index in [1.807, 2.05) is 50.2 Å². The van der Waals surface area contributed by atoms with Crippen LogP contribution in [0.15, 0.2) is 46.7 Å². The summed E-state index contributed by atoms with van der Waals surface area (Å²) in [6.07, 6.45) is 1.64. The van der Waals surface area contributed by atoms with Gasteiger partial charge in [-0.05, 0) is 24.6 Å². The van der Waals surface area contributed by atoms with Crippen LogP contribution in [-0.2, 0) is 17.9 Å². The molecule has 7 nitrogen and oxygen atoms in total. The molecule has 2 aromatic heterocycles. The van der Waals surface area contributed by atoms with Crippen molar-refractivity contribution in [1.29, 1.82) is 0 Å². The second kappa shape index (κ2) is 7.57. The van der Waals surface area contributed by atoms with E-state index in [4.69, 9.17) is 0 Å². The van der Waals surface area contributed by atoms with Crippen LogP contribution in [0.25, 0.3) is 0 Å². The van der Waals surface area contributed by atoms with Crippen molar-refractivity contribution >= 4 is 28.7 Å². The van der Waals surface area contributed by atoms with Crippen molar-refractivity contribution in [2.75, 3.05) is 24.3 Å². The summed E-state index contributed by atoms with van der Waals surface area (Å²) in [5.74, 6) is 0.353. The maximum absolute atomic E-state index is 12.3. The zero-order chi connectivity index (χ0) is 18.7. The van der Waals surface area contributed by atoms with Gasteiger partial charge in [-0.2, -0.15) is 5.10 Å². The highest BCUT2D eigenvalue weighted by Gasteiger charge is 2.11. The molecule has 0 atom stereocenters. The van der Waals surface area contributed by atoms with E-state index in [0.29, 0.717) is 12.4 Å². The smallest absolute Gasteiger partial charge is 0.307 e. The average molecular weight is 371 g/mol. The molecule has 0 unspecified atom stereocenters. The molecule has 0 aliphatic rings. The van der Waals surface area contributed by atoms with Gasteiger partial charge in [0.25, 0.3) is 0 Å². The summed E-state index contributed by atoms with van der Waals surface area (Å²) in [5.41, 5.74) is 2.99.